The number of ether oxygens (including phenoxy) is 2. The number of pyridine rings is 1. The maximum absolute atomic E-state index is 6.18. The molecule has 5 nitrogen and oxygen atoms in total. The van der Waals surface area contributed by atoms with Gasteiger partial charge < -0.3 is 9.47 Å². The number of fused-ring (bicyclic) bond motifs is 1. The van der Waals surface area contributed by atoms with Gasteiger partial charge in [0.2, 0.25) is 5.88 Å². The van der Waals surface area contributed by atoms with Crippen molar-refractivity contribution in [3.8, 4) is 22.8 Å². The third-order valence-electron chi connectivity index (χ3n) is 3.97. The standard InChI is InChI=1S/C20H16BrN3O2S/c1-12-8-9-15(18(21)22-12)26-19-17-14(13-6-4-3-5-7-13)11-27-20(17)24-16(23-19)10-25-2/h3-9,11H,10H2,1-2H3. The lowest BCUT2D eigenvalue weighted by Gasteiger charge is -2.11. The molecule has 0 amide bonds. The number of hydrogen-bond donors (Lipinski definition) is 0. The smallest absolute Gasteiger partial charge is 0.232 e. The molecule has 0 saturated carbocycles. The van der Waals surface area contributed by atoms with Crippen LogP contribution in [0.2, 0.25) is 0 Å². The molecule has 4 aromatic rings. The molecule has 0 aliphatic rings. The van der Waals surface area contributed by atoms with Crippen LogP contribution in [0.25, 0.3) is 21.3 Å². The highest BCUT2D eigenvalue weighted by molar-refractivity contribution is 9.10. The number of aryl methyl sites for hydroxylation is 1. The van der Waals surface area contributed by atoms with Crippen LogP contribution in [0.1, 0.15) is 11.5 Å². The molecule has 4 rings (SSSR count). The number of rotatable bonds is 5. The summed E-state index contributed by atoms with van der Waals surface area (Å²) in [5.41, 5.74) is 3.05. The second-order valence-corrected chi connectivity index (χ2v) is 7.53. The number of halogens is 1. The average Bonchev–Trinajstić information content (AvgIpc) is 3.09. The van der Waals surface area contributed by atoms with E-state index in [0.29, 0.717) is 28.7 Å². The van der Waals surface area contributed by atoms with Crippen molar-refractivity contribution in [3.05, 3.63) is 64.0 Å². The topological polar surface area (TPSA) is 57.1 Å². The lowest BCUT2D eigenvalue weighted by molar-refractivity contribution is 0.177. The molecule has 27 heavy (non-hydrogen) atoms. The van der Waals surface area contributed by atoms with Crippen LogP contribution in [-0.2, 0) is 11.3 Å². The summed E-state index contributed by atoms with van der Waals surface area (Å²) in [5, 5.41) is 2.97. The minimum atomic E-state index is 0.318. The molecule has 0 bridgehead atoms. The summed E-state index contributed by atoms with van der Waals surface area (Å²) in [4.78, 5) is 14.5. The van der Waals surface area contributed by atoms with Crippen molar-refractivity contribution in [2.45, 2.75) is 13.5 Å². The third kappa shape index (κ3) is 3.71. The minimum absolute atomic E-state index is 0.318. The highest BCUT2D eigenvalue weighted by Gasteiger charge is 2.18. The normalized spacial score (nSPS) is 11.1. The highest BCUT2D eigenvalue weighted by Crippen LogP contribution is 2.40. The number of benzene rings is 1. The van der Waals surface area contributed by atoms with Gasteiger partial charge in [0.1, 0.15) is 16.0 Å². The Labute approximate surface area is 169 Å². The largest absolute Gasteiger partial charge is 0.435 e. The average molecular weight is 442 g/mol. The summed E-state index contributed by atoms with van der Waals surface area (Å²) in [6.07, 6.45) is 0. The van der Waals surface area contributed by atoms with Crippen LogP contribution in [-0.4, -0.2) is 22.1 Å². The molecule has 0 atom stereocenters. The van der Waals surface area contributed by atoms with Crippen molar-refractivity contribution in [2.24, 2.45) is 0 Å². The Kier molecular flexibility index (Phi) is 5.15. The van der Waals surface area contributed by atoms with Gasteiger partial charge in [0, 0.05) is 23.7 Å². The van der Waals surface area contributed by atoms with Crippen molar-refractivity contribution in [3.63, 3.8) is 0 Å². The highest BCUT2D eigenvalue weighted by atomic mass is 79.9. The van der Waals surface area contributed by atoms with Gasteiger partial charge in [-0.3, -0.25) is 0 Å². The summed E-state index contributed by atoms with van der Waals surface area (Å²) in [7, 11) is 1.62. The van der Waals surface area contributed by atoms with Crippen LogP contribution >= 0.6 is 27.3 Å². The summed E-state index contributed by atoms with van der Waals surface area (Å²) in [5.74, 6) is 1.69. The van der Waals surface area contributed by atoms with Crippen LogP contribution in [0, 0.1) is 6.92 Å². The molecule has 0 radical (unpaired) electrons. The first kappa shape index (κ1) is 18.0. The SMILES string of the molecule is COCc1nc(Oc2ccc(C)nc2Br)c2c(-c3ccccc3)csc2n1. The molecule has 7 heteroatoms. The molecular formula is C20H16BrN3O2S. The molecule has 0 unspecified atom stereocenters. The predicted molar refractivity (Wildman–Crippen MR) is 110 cm³/mol. The number of aromatic nitrogens is 3. The fourth-order valence-electron chi connectivity index (χ4n) is 2.74. The van der Waals surface area contributed by atoms with Crippen LogP contribution in [0.15, 0.2) is 52.4 Å². The van der Waals surface area contributed by atoms with Gasteiger partial charge in [-0.2, -0.15) is 4.98 Å². The molecule has 0 aliphatic carbocycles. The monoisotopic (exact) mass is 441 g/mol. The lowest BCUT2D eigenvalue weighted by Crippen LogP contribution is -2.00. The number of methoxy groups -OCH3 is 1. The Bertz CT molecular complexity index is 1100. The third-order valence-corrected chi connectivity index (χ3v) is 5.41. The summed E-state index contributed by atoms with van der Waals surface area (Å²) in [6.45, 7) is 2.25. The molecule has 136 valence electrons. The van der Waals surface area contributed by atoms with Crippen LogP contribution < -0.4 is 4.74 Å². The maximum atomic E-state index is 6.18. The van der Waals surface area contributed by atoms with E-state index in [0.717, 1.165) is 27.0 Å². The van der Waals surface area contributed by atoms with Gasteiger partial charge in [-0.05, 0) is 40.5 Å². The Morgan fingerprint density at radius 1 is 1.04 bits per heavy atom. The van der Waals surface area contributed by atoms with Gasteiger partial charge in [-0.25, -0.2) is 9.97 Å². The van der Waals surface area contributed by atoms with E-state index in [1.807, 2.05) is 37.3 Å². The number of thiophene rings is 1. The quantitative estimate of drug-likeness (QED) is 0.368. The van der Waals surface area contributed by atoms with Crippen molar-refractivity contribution in [2.75, 3.05) is 7.11 Å². The fraction of sp³-hybridized carbons (Fsp3) is 0.150. The Balaban J connectivity index is 1.89. The molecule has 3 aromatic heterocycles. The van der Waals surface area contributed by atoms with Gasteiger partial charge >= 0.3 is 0 Å². The molecule has 1 aromatic carbocycles. The number of hydrogen-bond acceptors (Lipinski definition) is 6. The van der Waals surface area contributed by atoms with E-state index in [9.17, 15) is 0 Å². The Morgan fingerprint density at radius 3 is 2.59 bits per heavy atom. The van der Waals surface area contributed by atoms with Crippen LogP contribution in [0.4, 0.5) is 0 Å². The minimum Gasteiger partial charge on any atom is -0.435 e. The second-order valence-electron chi connectivity index (χ2n) is 5.92. The zero-order chi connectivity index (χ0) is 18.8. The van der Waals surface area contributed by atoms with E-state index in [1.165, 1.54) is 0 Å². The van der Waals surface area contributed by atoms with Crippen molar-refractivity contribution in [1.82, 2.24) is 15.0 Å². The Hall–Kier alpha value is -2.35. The van der Waals surface area contributed by atoms with Crippen molar-refractivity contribution in [1.29, 1.82) is 0 Å². The fourth-order valence-corrected chi connectivity index (χ4v) is 4.19. The van der Waals surface area contributed by atoms with E-state index in [-0.39, 0.29) is 0 Å². The molecular weight excluding hydrogens is 426 g/mol. The zero-order valence-corrected chi connectivity index (χ0v) is 17.2. The van der Waals surface area contributed by atoms with Crippen molar-refractivity contribution < 1.29 is 9.47 Å². The molecule has 0 aliphatic heterocycles. The van der Waals surface area contributed by atoms with E-state index in [2.05, 4.69) is 48.4 Å². The van der Waals surface area contributed by atoms with E-state index in [1.54, 1.807) is 18.4 Å². The van der Waals surface area contributed by atoms with Crippen LogP contribution in [0.3, 0.4) is 0 Å². The first-order chi connectivity index (χ1) is 13.2. The molecule has 0 fully saturated rings. The zero-order valence-electron chi connectivity index (χ0n) is 14.8. The van der Waals surface area contributed by atoms with Gasteiger partial charge in [0.15, 0.2) is 11.6 Å². The van der Waals surface area contributed by atoms with E-state index < -0.39 is 0 Å². The first-order valence-corrected chi connectivity index (χ1v) is 9.96. The van der Waals surface area contributed by atoms with Gasteiger partial charge in [-0.15, -0.1) is 11.3 Å². The van der Waals surface area contributed by atoms with Gasteiger partial charge in [0.25, 0.3) is 0 Å². The Morgan fingerprint density at radius 2 is 1.85 bits per heavy atom. The van der Waals surface area contributed by atoms with E-state index in [4.69, 9.17) is 9.47 Å². The summed E-state index contributed by atoms with van der Waals surface area (Å²) in [6, 6.07) is 13.9. The van der Waals surface area contributed by atoms with Gasteiger partial charge in [0.05, 0.1) is 5.39 Å². The second kappa shape index (κ2) is 7.72. The molecule has 0 N–H and O–H groups in total. The summed E-state index contributed by atoms with van der Waals surface area (Å²) < 4.78 is 12.0. The first-order valence-electron chi connectivity index (χ1n) is 8.29. The number of nitrogens with zero attached hydrogens (tertiary/aromatic N) is 3. The van der Waals surface area contributed by atoms with E-state index >= 15 is 0 Å². The molecule has 0 spiro atoms. The molecule has 0 saturated heterocycles. The van der Waals surface area contributed by atoms with Crippen LogP contribution in [0.5, 0.6) is 11.6 Å². The lowest BCUT2D eigenvalue weighted by atomic mass is 10.1. The summed E-state index contributed by atoms with van der Waals surface area (Å²) >= 11 is 5.04. The van der Waals surface area contributed by atoms with Crippen molar-refractivity contribution >= 4 is 37.5 Å². The maximum Gasteiger partial charge on any atom is 0.232 e. The molecule has 3 heterocycles. The van der Waals surface area contributed by atoms with Gasteiger partial charge in [-0.1, -0.05) is 30.3 Å². The predicted octanol–water partition coefficient (Wildman–Crippen LogP) is 5.76.